The summed E-state index contributed by atoms with van der Waals surface area (Å²) in [5.41, 5.74) is 1.44. The molecular weight excluding hydrogens is 402 g/mol. The van der Waals surface area contributed by atoms with Gasteiger partial charge >= 0.3 is 0 Å². The second-order valence-electron chi connectivity index (χ2n) is 6.91. The monoisotopic (exact) mass is 427 g/mol. The maximum Gasteiger partial charge on any atom is 0.274 e. The van der Waals surface area contributed by atoms with E-state index in [1.165, 1.54) is 16.4 Å². The molecule has 3 aromatic rings. The number of aromatic nitrogens is 1. The molecular formula is C22H25N3O4S. The number of methoxy groups -OCH3 is 1. The van der Waals surface area contributed by atoms with E-state index in [1.807, 2.05) is 19.1 Å². The first-order valence-electron chi connectivity index (χ1n) is 9.67. The molecule has 0 spiro atoms. The predicted octanol–water partition coefficient (Wildman–Crippen LogP) is 3.92. The zero-order valence-electron chi connectivity index (χ0n) is 17.3. The highest BCUT2D eigenvalue weighted by atomic mass is 32.2. The summed E-state index contributed by atoms with van der Waals surface area (Å²) < 4.78 is 31.7. The van der Waals surface area contributed by atoms with Crippen molar-refractivity contribution in [3.63, 3.8) is 0 Å². The van der Waals surface area contributed by atoms with E-state index in [2.05, 4.69) is 10.3 Å². The number of nitrogens with one attached hydrogen (secondary N) is 1. The van der Waals surface area contributed by atoms with Crippen LogP contribution in [0.5, 0.6) is 5.75 Å². The minimum Gasteiger partial charge on any atom is -0.497 e. The van der Waals surface area contributed by atoms with E-state index in [0.717, 1.165) is 24.0 Å². The van der Waals surface area contributed by atoms with E-state index in [4.69, 9.17) is 4.74 Å². The second-order valence-corrected chi connectivity index (χ2v) is 8.96. The van der Waals surface area contributed by atoms with Crippen LogP contribution in [-0.2, 0) is 10.0 Å². The topological polar surface area (TPSA) is 88.6 Å². The molecule has 1 heterocycles. The summed E-state index contributed by atoms with van der Waals surface area (Å²) in [5.74, 6) is 0.347. The first kappa shape index (κ1) is 21.7. The van der Waals surface area contributed by atoms with Crippen molar-refractivity contribution < 1.29 is 17.9 Å². The standard InChI is InChI=1S/C22H25N3O4S/c1-4-5-14-25(2)30(27,28)19-10-7-17(8-11-19)23-22(26)21-12-6-16-15-18(29-3)9-13-20(16)24-21/h6-13,15H,4-5,14H2,1-3H3,(H,23,26). The molecule has 1 amide bonds. The Kier molecular flexibility index (Phi) is 6.69. The van der Waals surface area contributed by atoms with Crippen LogP contribution >= 0.6 is 0 Å². The number of rotatable bonds is 8. The van der Waals surface area contributed by atoms with Crippen LogP contribution in [0.15, 0.2) is 59.5 Å². The van der Waals surface area contributed by atoms with E-state index < -0.39 is 10.0 Å². The predicted molar refractivity (Wildman–Crippen MR) is 117 cm³/mol. The highest BCUT2D eigenvalue weighted by molar-refractivity contribution is 7.89. The number of ether oxygens (including phenoxy) is 1. The number of amides is 1. The first-order chi connectivity index (χ1) is 14.3. The van der Waals surface area contributed by atoms with Gasteiger partial charge in [-0.1, -0.05) is 19.4 Å². The number of nitrogens with zero attached hydrogens (tertiary/aromatic N) is 2. The molecule has 7 nitrogen and oxygen atoms in total. The number of carbonyl (C=O) groups excluding carboxylic acids is 1. The quantitative estimate of drug-likeness (QED) is 0.589. The Morgan fingerprint density at radius 3 is 2.50 bits per heavy atom. The summed E-state index contributed by atoms with van der Waals surface area (Å²) in [4.78, 5) is 17.1. The van der Waals surface area contributed by atoms with Crippen molar-refractivity contribution in [1.82, 2.24) is 9.29 Å². The summed E-state index contributed by atoms with van der Waals surface area (Å²) in [7, 11) is -0.376. The smallest absolute Gasteiger partial charge is 0.274 e. The van der Waals surface area contributed by atoms with Crippen molar-refractivity contribution in [2.24, 2.45) is 0 Å². The highest BCUT2D eigenvalue weighted by Crippen LogP contribution is 2.21. The van der Waals surface area contributed by atoms with Gasteiger partial charge < -0.3 is 10.1 Å². The van der Waals surface area contributed by atoms with E-state index in [9.17, 15) is 13.2 Å². The Morgan fingerprint density at radius 1 is 1.10 bits per heavy atom. The summed E-state index contributed by atoms with van der Waals surface area (Å²) in [6.45, 7) is 2.48. The van der Waals surface area contributed by atoms with Gasteiger partial charge in [-0.3, -0.25) is 4.79 Å². The fraction of sp³-hybridized carbons (Fsp3) is 0.273. The lowest BCUT2D eigenvalue weighted by Crippen LogP contribution is -2.27. The van der Waals surface area contributed by atoms with Crippen LogP contribution in [0.25, 0.3) is 10.9 Å². The maximum atomic E-state index is 12.6. The summed E-state index contributed by atoms with van der Waals surface area (Å²) in [6, 6.07) is 15.0. The van der Waals surface area contributed by atoms with E-state index in [0.29, 0.717) is 17.7 Å². The van der Waals surface area contributed by atoms with Gasteiger partial charge in [-0.25, -0.2) is 17.7 Å². The average Bonchev–Trinajstić information content (AvgIpc) is 2.76. The number of sulfonamides is 1. The van der Waals surface area contributed by atoms with E-state index in [1.54, 1.807) is 44.5 Å². The summed E-state index contributed by atoms with van der Waals surface area (Å²) in [5, 5.41) is 3.62. The van der Waals surface area contributed by atoms with Gasteiger partial charge in [0, 0.05) is 24.7 Å². The fourth-order valence-electron chi connectivity index (χ4n) is 2.94. The van der Waals surface area contributed by atoms with Crippen molar-refractivity contribution in [3.05, 3.63) is 60.3 Å². The molecule has 0 bridgehead atoms. The van der Waals surface area contributed by atoms with Gasteiger partial charge in [0.15, 0.2) is 0 Å². The molecule has 2 aromatic carbocycles. The Balaban J connectivity index is 1.73. The second kappa shape index (κ2) is 9.23. The van der Waals surface area contributed by atoms with Crippen LogP contribution in [0.4, 0.5) is 5.69 Å². The van der Waals surface area contributed by atoms with E-state index >= 15 is 0 Å². The molecule has 0 radical (unpaired) electrons. The fourth-order valence-corrected chi connectivity index (χ4v) is 4.15. The van der Waals surface area contributed by atoms with Crippen LogP contribution in [0.1, 0.15) is 30.3 Å². The Bertz CT molecular complexity index is 1140. The van der Waals surface area contributed by atoms with Gasteiger partial charge in [0.1, 0.15) is 11.4 Å². The normalized spacial score (nSPS) is 11.6. The number of fused-ring (bicyclic) bond motifs is 1. The zero-order chi connectivity index (χ0) is 21.7. The van der Waals surface area contributed by atoms with E-state index in [-0.39, 0.29) is 16.5 Å². The molecule has 3 rings (SSSR count). The van der Waals surface area contributed by atoms with Gasteiger partial charge in [-0.15, -0.1) is 0 Å². The minimum atomic E-state index is -3.54. The molecule has 0 aliphatic carbocycles. The SMILES string of the molecule is CCCCN(C)S(=O)(=O)c1ccc(NC(=O)c2ccc3cc(OC)ccc3n2)cc1. The van der Waals surface area contributed by atoms with Crippen LogP contribution in [0.2, 0.25) is 0 Å². The molecule has 8 heteroatoms. The molecule has 0 unspecified atom stereocenters. The van der Waals surface area contributed by atoms with Crippen LogP contribution in [-0.4, -0.2) is 44.3 Å². The largest absolute Gasteiger partial charge is 0.497 e. The van der Waals surface area contributed by atoms with Gasteiger partial charge in [0.05, 0.1) is 17.5 Å². The number of pyridine rings is 1. The first-order valence-corrected chi connectivity index (χ1v) is 11.1. The summed E-state index contributed by atoms with van der Waals surface area (Å²) >= 11 is 0. The molecule has 158 valence electrons. The molecule has 0 fully saturated rings. The van der Waals surface area contributed by atoms with Gasteiger partial charge in [-0.05, 0) is 55.0 Å². The van der Waals surface area contributed by atoms with Crippen molar-refractivity contribution >= 4 is 32.5 Å². The lowest BCUT2D eigenvalue weighted by atomic mass is 10.2. The number of anilines is 1. The van der Waals surface area contributed by atoms with Gasteiger partial charge in [0.25, 0.3) is 5.91 Å². The third-order valence-electron chi connectivity index (χ3n) is 4.78. The van der Waals surface area contributed by atoms with Crippen molar-refractivity contribution in [2.45, 2.75) is 24.7 Å². The number of benzene rings is 2. The zero-order valence-corrected chi connectivity index (χ0v) is 18.1. The molecule has 0 saturated heterocycles. The Hall–Kier alpha value is -2.97. The maximum absolute atomic E-state index is 12.6. The molecule has 30 heavy (non-hydrogen) atoms. The van der Waals surface area contributed by atoms with Gasteiger partial charge in [-0.2, -0.15) is 0 Å². The molecule has 1 N–H and O–H groups in total. The van der Waals surface area contributed by atoms with Crippen molar-refractivity contribution in [1.29, 1.82) is 0 Å². The average molecular weight is 428 g/mol. The summed E-state index contributed by atoms with van der Waals surface area (Å²) in [6.07, 6.45) is 1.72. The van der Waals surface area contributed by atoms with Crippen LogP contribution in [0, 0.1) is 0 Å². The lowest BCUT2D eigenvalue weighted by Gasteiger charge is -2.17. The highest BCUT2D eigenvalue weighted by Gasteiger charge is 2.20. The lowest BCUT2D eigenvalue weighted by molar-refractivity contribution is 0.102. The number of carbonyl (C=O) groups is 1. The molecule has 0 aliphatic rings. The van der Waals surface area contributed by atoms with Crippen LogP contribution in [0.3, 0.4) is 0 Å². The molecule has 0 aliphatic heterocycles. The van der Waals surface area contributed by atoms with Crippen molar-refractivity contribution in [3.8, 4) is 5.75 Å². The number of hydrogen-bond acceptors (Lipinski definition) is 5. The van der Waals surface area contributed by atoms with Crippen LogP contribution < -0.4 is 10.1 Å². The minimum absolute atomic E-state index is 0.192. The molecule has 0 saturated carbocycles. The number of hydrogen-bond donors (Lipinski definition) is 1. The molecule has 1 aromatic heterocycles. The molecule has 0 atom stereocenters. The van der Waals surface area contributed by atoms with Crippen molar-refractivity contribution in [2.75, 3.05) is 26.0 Å². The Morgan fingerprint density at radius 2 is 1.83 bits per heavy atom. The number of unbranched alkanes of at least 4 members (excludes halogenated alkanes) is 1. The Labute approximate surface area is 176 Å². The third kappa shape index (κ3) is 4.77. The third-order valence-corrected chi connectivity index (χ3v) is 6.65. The van der Waals surface area contributed by atoms with Gasteiger partial charge in [0.2, 0.25) is 10.0 Å².